The highest BCUT2D eigenvalue weighted by Gasteiger charge is 2.06. The molecule has 2 rings (SSSR count). The molecule has 0 saturated heterocycles. The van der Waals surface area contributed by atoms with Gasteiger partial charge in [0.1, 0.15) is 0 Å². The maximum atomic E-state index is 12.1. The Bertz CT molecular complexity index is 637. The molecule has 6 heteroatoms. The first-order valence-electron chi connectivity index (χ1n) is 7.66. The van der Waals surface area contributed by atoms with Crippen LogP contribution < -0.4 is 10.6 Å². The van der Waals surface area contributed by atoms with E-state index in [0.29, 0.717) is 6.42 Å². The van der Waals surface area contributed by atoms with Crippen LogP contribution in [0.4, 0.5) is 5.69 Å². The van der Waals surface area contributed by atoms with Crippen LogP contribution in [0, 0.1) is 0 Å². The van der Waals surface area contributed by atoms with Gasteiger partial charge in [0.15, 0.2) is 0 Å². The zero-order valence-electron chi connectivity index (χ0n) is 13.5. The maximum Gasteiger partial charge on any atom is 0.225 e. The van der Waals surface area contributed by atoms with E-state index in [1.165, 1.54) is 4.90 Å². The Balaban J connectivity index is 0.00000288. The van der Waals surface area contributed by atoms with Crippen molar-refractivity contribution in [2.75, 3.05) is 17.6 Å². The van der Waals surface area contributed by atoms with E-state index in [1.807, 2.05) is 36.4 Å². The standard InChI is InChI=1S/C18H21BrN2OS.ClH/c1-2-20-13-14-5-3-4-6-17(14)21-18(22)11-12-23-16-9-7-15(19)8-10-16;/h3-10,20H,2,11-13H2,1H3,(H,21,22);1H. The van der Waals surface area contributed by atoms with Gasteiger partial charge >= 0.3 is 0 Å². The van der Waals surface area contributed by atoms with Crippen molar-refractivity contribution < 1.29 is 4.79 Å². The summed E-state index contributed by atoms with van der Waals surface area (Å²) < 4.78 is 1.07. The molecule has 0 aliphatic heterocycles. The second-order valence-electron chi connectivity index (χ2n) is 5.04. The molecule has 0 heterocycles. The number of halogens is 2. The number of carbonyl (C=O) groups is 1. The molecule has 0 aliphatic rings. The fraction of sp³-hybridized carbons (Fsp3) is 0.278. The minimum atomic E-state index is 0. The number of nitrogens with one attached hydrogen (secondary N) is 2. The van der Waals surface area contributed by atoms with Gasteiger partial charge in [0, 0.05) is 33.8 Å². The van der Waals surface area contributed by atoms with Crippen LogP contribution in [0.2, 0.25) is 0 Å². The summed E-state index contributed by atoms with van der Waals surface area (Å²) in [7, 11) is 0. The van der Waals surface area contributed by atoms with Crippen molar-refractivity contribution in [2.24, 2.45) is 0 Å². The number of benzene rings is 2. The lowest BCUT2D eigenvalue weighted by molar-refractivity contribution is -0.115. The molecular formula is C18H22BrClN2OS. The normalized spacial score (nSPS) is 10.1. The molecule has 2 aromatic carbocycles. The van der Waals surface area contributed by atoms with Crippen molar-refractivity contribution >= 4 is 51.7 Å². The van der Waals surface area contributed by atoms with Crippen LogP contribution >= 0.6 is 40.1 Å². The predicted molar refractivity (Wildman–Crippen MR) is 109 cm³/mol. The van der Waals surface area contributed by atoms with Gasteiger partial charge in [-0.2, -0.15) is 0 Å². The number of amides is 1. The first-order chi connectivity index (χ1) is 11.2. The molecule has 2 aromatic rings. The van der Waals surface area contributed by atoms with Crippen LogP contribution in [0.15, 0.2) is 57.9 Å². The molecule has 3 nitrogen and oxygen atoms in total. The summed E-state index contributed by atoms with van der Waals surface area (Å²) >= 11 is 5.11. The zero-order chi connectivity index (χ0) is 16.5. The molecule has 1 amide bonds. The summed E-state index contributed by atoms with van der Waals surface area (Å²) in [5.74, 6) is 0.821. The molecule has 0 aromatic heterocycles. The molecule has 0 radical (unpaired) electrons. The maximum absolute atomic E-state index is 12.1. The molecule has 24 heavy (non-hydrogen) atoms. The minimum Gasteiger partial charge on any atom is -0.326 e. The van der Waals surface area contributed by atoms with E-state index < -0.39 is 0 Å². The number of para-hydroxylation sites is 1. The summed E-state index contributed by atoms with van der Waals surface area (Å²) in [4.78, 5) is 13.3. The average molecular weight is 430 g/mol. The second-order valence-corrected chi connectivity index (χ2v) is 7.12. The zero-order valence-corrected chi connectivity index (χ0v) is 16.8. The summed E-state index contributed by atoms with van der Waals surface area (Å²) in [5.41, 5.74) is 2.01. The lowest BCUT2D eigenvalue weighted by Crippen LogP contribution is -2.17. The number of thioether (sulfide) groups is 1. The fourth-order valence-electron chi connectivity index (χ4n) is 2.06. The van der Waals surface area contributed by atoms with Crippen LogP contribution in [0.3, 0.4) is 0 Å². The van der Waals surface area contributed by atoms with Crippen molar-refractivity contribution in [3.63, 3.8) is 0 Å². The molecule has 0 bridgehead atoms. The molecule has 0 saturated carbocycles. The Morgan fingerprint density at radius 1 is 1.12 bits per heavy atom. The largest absolute Gasteiger partial charge is 0.326 e. The summed E-state index contributed by atoms with van der Waals surface area (Å²) in [6, 6.07) is 16.1. The molecule has 0 fully saturated rings. The molecular weight excluding hydrogens is 408 g/mol. The second kappa shape index (κ2) is 11.5. The van der Waals surface area contributed by atoms with Gasteiger partial charge in [0.2, 0.25) is 5.91 Å². The van der Waals surface area contributed by atoms with E-state index in [4.69, 9.17) is 0 Å². The first kappa shape index (κ1) is 21.0. The van der Waals surface area contributed by atoms with Crippen LogP contribution in [0.25, 0.3) is 0 Å². The van der Waals surface area contributed by atoms with Crippen LogP contribution in [-0.4, -0.2) is 18.2 Å². The van der Waals surface area contributed by atoms with Crippen molar-refractivity contribution in [1.29, 1.82) is 0 Å². The topological polar surface area (TPSA) is 41.1 Å². The molecule has 0 atom stereocenters. The van der Waals surface area contributed by atoms with Crippen LogP contribution in [0.5, 0.6) is 0 Å². The van der Waals surface area contributed by atoms with E-state index >= 15 is 0 Å². The number of anilines is 1. The molecule has 130 valence electrons. The van der Waals surface area contributed by atoms with Gasteiger partial charge in [-0.1, -0.05) is 41.1 Å². The van der Waals surface area contributed by atoms with Gasteiger partial charge in [-0.15, -0.1) is 24.2 Å². The summed E-state index contributed by atoms with van der Waals surface area (Å²) in [5, 5.41) is 6.30. The van der Waals surface area contributed by atoms with Crippen LogP contribution in [-0.2, 0) is 11.3 Å². The third kappa shape index (κ3) is 7.26. The first-order valence-corrected chi connectivity index (χ1v) is 9.43. The van der Waals surface area contributed by atoms with Crippen molar-refractivity contribution in [1.82, 2.24) is 5.32 Å². The Hall–Kier alpha value is -1.01. The number of hydrogen-bond acceptors (Lipinski definition) is 3. The third-order valence-corrected chi connectivity index (χ3v) is 4.81. The smallest absolute Gasteiger partial charge is 0.225 e. The monoisotopic (exact) mass is 428 g/mol. The highest BCUT2D eigenvalue weighted by Crippen LogP contribution is 2.21. The number of rotatable bonds is 8. The van der Waals surface area contributed by atoms with E-state index in [1.54, 1.807) is 11.8 Å². The molecule has 0 aliphatic carbocycles. The fourth-order valence-corrected chi connectivity index (χ4v) is 3.18. The lowest BCUT2D eigenvalue weighted by Gasteiger charge is -2.11. The van der Waals surface area contributed by atoms with Crippen molar-refractivity contribution in [3.05, 3.63) is 58.6 Å². The Morgan fingerprint density at radius 3 is 2.54 bits per heavy atom. The van der Waals surface area contributed by atoms with Gasteiger partial charge < -0.3 is 10.6 Å². The highest BCUT2D eigenvalue weighted by atomic mass is 79.9. The molecule has 0 unspecified atom stereocenters. The van der Waals surface area contributed by atoms with Gasteiger partial charge in [0.25, 0.3) is 0 Å². The lowest BCUT2D eigenvalue weighted by atomic mass is 10.1. The average Bonchev–Trinajstić information content (AvgIpc) is 2.56. The van der Waals surface area contributed by atoms with Gasteiger partial charge in [0.05, 0.1) is 0 Å². The van der Waals surface area contributed by atoms with Gasteiger partial charge in [-0.05, 0) is 42.4 Å². The molecule has 2 N–H and O–H groups in total. The highest BCUT2D eigenvalue weighted by molar-refractivity contribution is 9.10. The Kier molecular flexibility index (Phi) is 10.1. The minimum absolute atomic E-state index is 0. The quantitative estimate of drug-likeness (QED) is 0.573. The van der Waals surface area contributed by atoms with Crippen LogP contribution in [0.1, 0.15) is 18.9 Å². The van der Waals surface area contributed by atoms with E-state index in [0.717, 1.165) is 34.6 Å². The predicted octanol–water partition coefficient (Wildman–Crippen LogP) is 5.10. The van der Waals surface area contributed by atoms with Crippen molar-refractivity contribution in [2.45, 2.75) is 24.8 Å². The van der Waals surface area contributed by atoms with Gasteiger partial charge in [-0.3, -0.25) is 4.79 Å². The summed E-state index contributed by atoms with van der Waals surface area (Å²) in [6.07, 6.45) is 0.496. The van der Waals surface area contributed by atoms with Crippen molar-refractivity contribution in [3.8, 4) is 0 Å². The number of carbonyl (C=O) groups excluding carboxylic acids is 1. The third-order valence-electron chi connectivity index (χ3n) is 3.27. The Morgan fingerprint density at radius 2 is 1.83 bits per heavy atom. The number of hydrogen-bond donors (Lipinski definition) is 2. The van der Waals surface area contributed by atoms with E-state index in [-0.39, 0.29) is 18.3 Å². The van der Waals surface area contributed by atoms with E-state index in [9.17, 15) is 4.79 Å². The van der Waals surface area contributed by atoms with Gasteiger partial charge in [-0.25, -0.2) is 0 Å². The SMILES string of the molecule is CCNCc1ccccc1NC(=O)CCSc1ccc(Br)cc1.Cl. The van der Waals surface area contributed by atoms with E-state index in [2.05, 4.69) is 45.6 Å². The summed E-state index contributed by atoms with van der Waals surface area (Å²) in [6.45, 7) is 3.74. The Labute approximate surface area is 162 Å². The molecule has 0 spiro atoms.